The maximum atomic E-state index is 13.9. The summed E-state index contributed by atoms with van der Waals surface area (Å²) < 4.78 is 5.66. The summed E-state index contributed by atoms with van der Waals surface area (Å²) in [5.41, 5.74) is 1.55. The van der Waals surface area contributed by atoms with E-state index in [9.17, 15) is 19.5 Å². The zero-order valence-electron chi connectivity index (χ0n) is 20.4. The number of amides is 2. The standard InChI is InChI=1S/C27H34N2O5/c1-17(2)28(18(3)4)27(33)29-23(25(30)31)19(5)22(24(29)21-14-10-7-11-15-21)26(32)34-16-20-12-8-6-9-13-20/h6-15,17-19,22-24H,16H2,1-5H3,(H,30,31)/t19-,22-,23-,24-/m1/s1. The van der Waals surface area contributed by atoms with Gasteiger partial charge in [0.15, 0.2) is 0 Å². The summed E-state index contributed by atoms with van der Waals surface area (Å²) in [5.74, 6) is -3.10. The number of hydrogen-bond donors (Lipinski definition) is 1. The average molecular weight is 467 g/mol. The summed E-state index contributed by atoms with van der Waals surface area (Å²) in [4.78, 5) is 42.8. The molecule has 1 heterocycles. The highest BCUT2D eigenvalue weighted by Crippen LogP contribution is 2.46. The van der Waals surface area contributed by atoms with Crippen molar-refractivity contribution in [2.45, 2.75) is 65.4 Å². The number of carboxylic acids is 1. The van der Waals surface area contributed by atoms with Crippen molar-refractivity contribution in [1.82, 2.24) is 9.80 Å². The summed E-state index contributed by atoms with van der Waals surface area (Å²) in [5, 5.41) is 10.2. The van der Waals surface area contributed by atoms with E-state index >= 15 is 0 Å². The van der Waals surface area contributed by atoms with E-state index in [4.69, 9.17) is 4.74 Å². The van der Waals surface area contributed by atoms with Crippen molar-refractivity contribution in [3.63, 3.8) is 0 Å². The van der Waals surface area contributed by atoms with Gasteiger partial charge in [-0.15, -0.1) is 0 Å². The predicted octanol–water partition coefficient (Wildman–Crippen LogP) is 4.73. The molecule has 2 aromatic rings. The van der Waals surface area contributed by atoms with E-state index in [-0.39, 0.29) is 18.7 Å². The molecule has 1 aliphatic heterocycles. The first kappa shape index (κ1) is 25.3. The van der Waals surface area contributed by atoms with Crippen LogP contribution in [0.2, 0.25) is 0 Å². The van der Waals surface area contributed by atoms with Gasteiger partial charge in [-0.25, -0.2) is 9.59 Å². The largest absolute Gasteiger partial charge is 0.480 e. The van der Waals surface area contributed by atoms with Gasteiger partial charge in [-0.05, 0) is 38.8 Å². The molecule has 2 aromatic carbocycles. The van der Waals surface area contributed by atoms with E-state index in [2.05, 4.69) is 0 Å². The van der Waals surface area contributed by atoms with Crippen LogP contribution < -0.4 is 0 Å². The molecule has 1 fully saturated rings. The highest BCUT2D eigenvalue weighted by atomic mass is 16.5. The molecule has 1 N–H and O–H groups in total. The normalized spacial score (nSPS) is 22.1. The summed E-state index contributed by atoms with van der Waals surface area (Å²) in [6.45, 7) is 9.39. The lowest BCUT2D eigenvalue weighted by molar-refractivity contribution is -0.152. The van der Waals surface area contributed by atoms with Crippen LogP contribution in [0.25, 0.3) is 0 Å². The Morgan fingerprint density at radius 1 is 0.941 bits per heavy atom. The maximum Gasteiger partial charge on any atom is 0.326 e. The molecule has 7 nitrogen and oxygen atoms in total. The van der Waals surface area contributed by atoms with Crippen molar-refractivity contribution in [2.75, 3.05) is 0 Å². The van der Waals surface area contributed by atoms with Crippen LogP contribution in [0, 0.1) is 11.8 Å². The Morgan fingerprint density at radius 3 is 1.97 bits per heavy atom. The van der Waals surface area contributed by atoms with E-state index in [0.717, 1.165) is 5.56 Å². The van der Waals surface area contributed by atoms with Crippen LogP contribution in [-0.4, -0.2) is 51.0 Å². The summed E-state index contributed by atoms with van der Waals surface area (Å²) in [6, 6.07) is 15.9. The third-order valence-electron chi connectivity index (χ3n) is 6.45. The number of benzene rings is 2. The Bertz CT molecular complexity index is 985. The smallest absolute Gasteiger partial charge is 0.326 e. The van der Waals surface area contributed by atoms with Gasteiger partial charge < -0.3 is 19.6 Å². The number of ether oxygens (including phenoxy) is 1. The third-order valence-corrected chi connectivity index (χ3v) is 6.45. The van der Waals surface area contributed by atoms with E-state index < -0.39 is 41.9 Å². The monoisotopic (exact) mass is 466 g/mol. The Balaban J connectivity index is 2.04. The number of carbonyl (C=O) groups is 3. The number of esters is 1. The van der Waals surface area contributed by atoms with Crippen molar-refractivity contribution < 1.29 is 24.2 Å². The van der Waals surface area contributed by atoms with Crippen LogP contribution in [0.3, 0.4) is 0 Å². The van der Waals surface area contributed by atoms with Crippen molar-refractivity contribution in [3.8, 4) is 0 Å². The average Bonchev–Trinajstić information content (AvgIpc) is 3.11. The fourth-order valence-electron chi connectivity index (χ4n) is 5.02. The van der Waals surface area contributed by atoms with Gasteiger partial charge in [0.05, 0.1) is 12.0 Å². The summed E-state index contributed by atoms with van der Waals surface area (Å²) in [6.07, 6.45) is 0. The highest BCUT2D eigenvalue weighted by molar-refractivity contribution is 5.87. The number of carboxylic acid groups (broad SMARTS) is 1. The van der Waals surface area contributed by atoms with Gasteiger partial charge in [-0.3, -0.25) is 4.79 Å². The summed E-state index contributed by atoms with van der Waals surface area (Å²) in [7, 11) is 0. The number of rotatable bonds is 7. The topological polar surface area (TPSA) is 87.2 Å². The minimum Gasteiger partial charge on any atom is -0.480 e. The van der Waals surface area contributed by atoms with Crippen LogP contribution >= 0.6 is 0 Å². The van der Waals surface area contributed by atoms with Crippen molar-refractivity contribution in [1.29, 1.82) is 0 Å². The van der Waals surface area contributed by atoms with Gasteiger partial charge in [0.2, 0.25) is 0 Å². The second-order valence-electron chi connectivity index (χ2n) is 9.40. The minimum atomic E-state index is -1.16. The lowest BCUT2D eigenvalue weighted by Crippen LogP contribution is -2.54. The van der Waals surface area contributed by atoms with Crippen molar-refractivity contribution in [3.05, 3.63) is 71.8 Å². The molecule has 0 aromatic heterocycles. The second kappa shape index (κ2) is 10.7. The van der Waals surface area contributed by atoms with E-state index in [1.54, 1.807) is 11.8 Å². The zero-order valence-corrected chi connectivity index (χ0v) is 20.4. The molecular formula is C27H34N2O5. The first-order chi connectivity index (χ1) is 16.1. The van der Waals surface area contributed by atoms with Crippen LogP contribution in [0.5, 0.6) is 0 Å². The SMILES string of the molecule is CC(C)N(C(=O)N1[C@H](c2ccccc2)[C@H](C(=O)OCc2ccccc2)[C@@H](C)[C@@H]1C(=O)O)C(C)C. The zero-order chi connectivity index (χ0) is 25.0. The molecule has 0 unspecified atom stereocenters. The fourth-order valence-corrected chi connectivity index (χ4v) is 5.02. The second-order valence-corrected chi connectivity index (χ2v) is 9.40. The predicted molar refractivity (Wildman–Crippen MR) is 129 cm³/mol. The molecule has 0 spiro atoms. The van der Waals surface area contributed by atoms with Crippen LogP contribution in [0.4, 0.5) is 4.79 Å². The first-order valence-electron chi connectivity index (χ1n) is 11.7. The fraction of sp³-hybridized carbons (Fsp3) is 0.444. The van der Waals surface area contributed by atoms with Crippen LogP contribution in [-0.2, 0) is 20.9 Å². The van der Waals surface area contributed by atoms with Crippen LogP contribution in [0.1, 0.15) is 51.8 Å². The maximum absolute atomic E-state index is 13.9. The van der Waals surface area contributed by atoms with Crippen LogP contribution in [0.15, 0.2) is 60.7 Å². The van der Waals surface area contributed by atoms with Gasteiger partial charge in [-0.1, -0.05) is 67.6 Å². The minimum absolute atomic E-state index is 0.0835. The van der Waals surface area contributed by atoms with Crippen molar-refractivity contribution in [2.24, 2.45) is 11.8 Å². The Morgan fingerprint density at radius 2 is 1.47 bits per heavy atom. The van der Waals surface area contributed by atoms with Gasteiger partial charge in [-0.2, -0.15) is 0 Å². The quantitative estimate of drug-likeness (QED) is 0.596. The Hall–Kier alpha value is -3.35. The van der Waals surface area contributed by atoms with Crippen molar-refractivity contribution >= 4 is 18.0 Å². The Labute approximate surface area is 201 Å². The molecule has 1 saturated heterocycles. The molecule has 34 heavy (non-hydrogen) atoms. The molecule has 2 amide bonds. The van der Waals surface area contributed by atoms with Gasteiger partial charge >= 0.3 is 18.0 Å². The molecule has 0 aliphatic carbocycles. The number of likely N-dealkylation sites (tertiary alicyclic amines) is 1. The lowest BCUT2D eigenvalue weighted by Gasteiger charge is -2.39. The molecule has 0 radical (unpaired) electrons. The van der Waals surface area contributed by atoms with E-state index in [1.165, 1.54) is 4.90 Å². The number of nitrogens with zero attached hydrogens (tertiary/aromatic N) is 2. The molecule has 1 aliphatic rings. The van der Waals surface area contributed by atoms with E-state index in [1.807, 2.05) is 88.4 Å². The molecule has 7 heteroatoms. The number of hydrogen-bond acceptors (Lipinski definition) is 4. The molecule has 4 atom stereocenters. The number of carbonyl (C=O) groups excluding carboxylic acids is 2. The molecule has 0 saturated carbocycles. The molecular weight excluding hydrogens is 432 g/mol. The number of urea groups is 1. The van der Waals surface area contributed by atoms with Gasteiger partial charge in [0.1, 0.15) is 12.6 Å². The van der Waals surface area contributed by atoms with Gasteiger partial charge in [0.25, 0.3) is 0 Å². The molecule has 0 bridgehead atoms. The third kappa shape index (κ3) is 5.08. The van der Waals surface area contributed by atoms with E-state index in [0.29, 0.717) is 5.56 Å². The first-order valence-corrected chi connectivity index (χ1v) is 11.7. The summed E-state index contributed by atoms with van der Waals surface area (Å²) >= 11 is 0. The Kier molecular flexibility index (Phi) is 7.97. The van der Waals surface area contributed by atoms with Gasteiger partial charge in [0, 0.05) is 18.0 Å². The highest BCUT2D eigenvalue weighted by Gasteiger charge is 2.57. The number of aliphatic carboxylic acids is 1. The molecule has 3 rings (SSSR count). The molecule has 182 valence electrons. The lowest BCUT2D eigenvalue weighted by atomic mass is 9.85.